The van der Waals surface area contributed by atoms with Gasteiger partial charge in [0.15, 0.2) is 5.75 Å². The number of nitro benzene ring substituents is 1. The first kappa shape index (κ1) is 15.0. The van der Waals surface area contributed by atoms with Gasteiger partial charge in [-0.2, -0.15) is 0 Å². The third kappa shape index (κ3) is 4.29. The smallest absolute Gasteiger partial charge is 0.311 e. The molecule has 0 aliphatic heterocycles. The van der Waals surface area contributed by atoms with E-state index in [-0.39, 0.29) is 24.7 Å². The fourth-order valence-corrected chi connectivity index (χ4v) is 2.00. The lowest BCUT2D eigenvalue weighted by atomic mass is 10.1. The summed E-state index contributed by atoms with van der Waals surface area (Å²) in [5.74, 6) is 0.261. The van der Waals surface area contributed by atoms with Gasteiger partial charge in [-0.25, -0.2) is 0 Å². The second-order valence-electron chi connectivity index (χ2n) is 4.66. The molecule has 0 saturated carbocycles. The predicted octanol–water partition coefficient (Wildman–Crippen LogP) is 3.10. The number of rotatable bonds is 7. The SMILES string of the molecule is O=[N+]([O-])c1cc(CCCO)ccc1OCc1ccccc1. The van der Waals surface area contributed by atoms with Gasteiger partial charge in [-0.1, -0.05) is 36.4 Å². The van der Waals surface area contributed by atoms with Gasteiger partial charge in [-0.05, 0) is 30.0 Å². The molecule has 2 rings (SSSR count). The van der Waals surface area contributed by atoms with E-state index in [2.05, 4.69) is 0 Å². The zero-order chi connectivity index (χ0) is 15.1. The molecule has 0 aromatic heterocycles. The van der Waals surface area contributed by atoms with Crippen LogP contribution in [0.4, 0.5) is 5.69 Å². The average molecular weight is 287 g/mol. The Morgan fingerprint density at radius 3 is 2.52 bits per heavy atom. The van der Waals surface area contributed by atoms with Crippen molar-refractivity contribution in [2.75, 3.05) is 6.61 Å². The molecule has 0 spiro atoms. The molecule has 0 bridgehead atoms. The Bertz CT molecular complexity index is 598. The first-order chi connectivity index (χ1) is 10.2. The summed E-state index contributed by atoms with van der Waals surface area (Å²) < 4.78 is 5.55. The first-order valence-corrected chi connectivity index (χ1v) is 6.75. The summed E-state index contributed by atoms with van der Waals surface area (Å²) in [6.07, 6.45) is 1.19. The summed E-state index contributed by atoms with van der Waals surface area (Å²) in [6.45, 7) is 0.359. The number of nitro groups is 1. The van der Waals surface area contributed by atoms with Crippen molar-refractivity contribution in [1.82, 2.24) is 0 Å². The highest BCUT2D eigenvalue weighted by Crippen LogP contribution is 2.29. The number of hydrogen-bond donors (Lipinski definition) is 1. The van der Waals surface area contributed by atoms with Gasteiger partial charge < -0.3 is 9.84 Å². The van der Waals surface area contributed by atoms with E-state index in [0.717, 1.165) is 11.1 Å². The van der Waals surface area contributed by atoms with Gasteiger partial charge in [0.05, 0.1) is 4.92 Å². The molecule has 2 aromatic carbocycles. The Balaban J connectivity index is 2.12. The van der Waals surface area contributed by atoms with Crippen molar-refractivity contribution in [2.45, 2.75) is 19.4 Å². The zero-order valence-electron chi connectivity index (χ0n) is 11.6. The molecular weight excluding hydrogens is 270 g/mol. The summed E-state index contributed by atoms with van der Waals surface area (Å²) in [5, 5.41) is 19.9. The standard InChI is InChI=1S/C16H17NO4/c18-10-4-7-13-8-9-16(15(11-13)17(19)20)21-12-14-5-2-1-3-6-14/h1-3,5-6,8-9,11,18H,4,7,10,12H2. The molecule has 0 atom stereocenters. The molecule has 0 saturated heterocycles. The Labute approximate surface area is 123 Å². The molecule has 0 heterocycles. The van der Waals surface area contributed by atoms with E-state index in [1.54, 1.807) is 12.1 Å². The molecule has 5 heteroatoms. The van der Waals surface area contributed by atoms with Crippen molar-refractivity contribution >= 4 is 5.69 Å². The van der Waals surface area contributed by atoms with Crippen LogP contribution in [-0.4, -0.2) is 16.6 Å². The van der Waals surface area contributed by atoms with E-state index in [9.17, 15) is 10.1 Å². The largest absolute Gasteiger partial charge is 0.482 e. The van der Waals surface area contributed by atoms with E-state index in [0.29, 0.717) is 12.8 Å². The lowest BCUT2D eigenvalue weighted by Gasteiger charge is -2.08. The summed E-state index contributed by atoms with van der Waals surface area (Å²) in [4.78, 5) is 10.7. The molecular formula is C16H17NO4. The van der Waals surface area contributed by atoms with Gasteiger partial charge in [0.1, 0.15) is 6.61 Å². The van der Waals surface area contributed by atoms with Crippen LogP contribution in [0.3, 0.4) is 0 Å². The maximum atomic E-state index is 11.1. The average Bonchev–Trinajstić information content (AvgIpc) is 2.52. The Kier molecular flexibility index (Phi) is 5.29. The highest BCUT2D eigenvalue weighted by atomic mass is 16.6. The molecule has 21 heavy (non-hydrogen) atoms. The van der Waals surface area contributed by atoms with Crippen LogP contribution >= 0.6 is 0 Å². The first-order valence-electron chi connectivity index (χ1n) is 6.75. The van der Waals surface area contributed by atoms with E-state index in [4.69, 9.17) is 9.84 Å². The van der Waals surface area contributed by atoms with Crippen LogP contribution in [-0.2, 0) is 13.0 Å². The van der Waals surface area contributed by atoms with Crippen LogP contribution in [0.15, 0.2) is 48.5 Å². The van der Waals surface area contributed by atoms with Crippen LogP contribution in [0, 0.1) is 10.1 Å². The van der Waals surface area contributed by atoms with Crippen LogP contribution in [0.25, 0.3) is 0 Å². The number of aliphatic hydroxyl groups excluding tert-OH is 1. The third-order valence-corrected chi connectivity index (χ3v) is 3.08. The zero-order valence-corrected chi connectivity index (χ0v) is 11.6. The molecule has 0 amide bonds. The van der Waals surface area contributed by atoms with Crippen LogP contribution in [0.2, 0.25) is 0 Å². The number of aryl methyl sites for hydroxylation is 1. The van der Waals surface area contributed by atoms with Gasteiger partial charge in [0.2, 0.25) is 0 Å². The van der Waals surface area contributed by atoms with Crippen molar-refractivity contribution in [3.63, 3.8) is 0 Å². The van der Waals surface area contributed by atoms with Crippen LogP contribution < -0.4 is 4.74 Å². The van der Waals surface area contributed by atoms with E-state index < -0.39 is 4.92 Å². The normalized spacial score (nSPS) is 10.3. The lowest BCUT2D eigenvalue weighted by Crippen LogP contribution is -2.00. The molecule has 110 valence electrons. The molecule has 0 aliphatic rings. The maximum Gasteiger partial charge on any atom is 0.311 e. The Morgan fingerprint density at radius 1 is 1.10 bits per heavy atom. The second kappa shape index (κ2) is 7.40. The fraction of sp³-hybridized carbons (Fsp3) is 0.250. The second-order valence-corrected chi connectivity index (χ2v) is 4.66. The molecule has 5 nitrogen and oxygen atoms in total. The van der Waals surface area contributed by atoms with E-state index in [1.807, 2.05) is 30.3 Å². The van der Waals surface area contributed by atoms with Crippen molar-refractivity contribution < 1.29 is 14.8 Å². The third-order valence-electron chi connectivity index (χ3n) is 3.08. The highest BCUT2D eigenvalue weighted by Gasteiger charge is 2.16. The minimum Gasteiger partial charge on any atom is -0.482 e. The van der Waals surface area contributed by atoms with Crippen molar-refractivity contribution in [1.29, 1.82) is 0 Å². The van der Waals surface area contributed by atoms with Crippen molar-refractivity contribution in [2.24, 2.45) is 0 Å². The number of benzene rings is 2. The van der Waals surface area contributed by atoms with Crippen molar-refractivity contribution in [3.8, 4) is 5.75 Å². The molecule has 0 unspecified atom stereocenters. The van der Waals surface area contributed by atoms with Gasteiger partial charge in [0, 0.05) is 12.7 Å². The van der Waals surface area contributed by atoms with Gasteiger partial charge in [0.25, 0.3) is 0 Å². The number of hydrogen-bond acceptors (Lipinski definition) is 4. The highest BCUT2D eigenvalue weighted by molar-refractivity contribution is 5.48. The number of nitrogens with zero attached hydrogens (tertiary/aromatic N) is 1. The van der Waals surface area contributed by atoms with Gasteiger partial charge in [-0.3, -0.25) is 10.1 Å². The maximum absolute atomic E-state index is 11.1. The summed E-state index contributed by atoms with van der Waals surface area (Å²) in [7, 11) is 0. The predicted molar refractivity (Wildman–Crippen MR) is 79.3 cm³/mol. The summed E-state index contributed by atoms with van der Waals surface area (Å²) in [6, 6.07) is 14.4. The lowest BCUT2D eigenvalue weighted by molar-refractivity contribution is -0.386. The minimum atomic E-state index is -0.442. The summed E-state index contributed by atoms with van der Waals surface area (Å²) in [5.41, 5.74) is 1.74. The summed E-state index contributed by atoms with van der Waals surface area (Å²) >= 11 is 0. The molecule has 0 aliphatic carbocycles. The molecule has 1 N–H and O–H groups in total. The molecule has 0 fully saturated rings. The Hall–Kier alpha value is -2.40. The fourth-order valence-electron chi connectivity index (χ4n) is 2.00. The monoisotopic (exact) mass is 287 g/mol. The topological polar surface area (TPSA) is 72.6 Å². The van der Waals surface area contributed by atoms with E-state index >= 15 is 0 Å². The minimum absolute atomic E-state index is 0.0404. The quantitative estimate of drug-likeness (QED) is 0.627. The van der Waals surface area contributed by atoms with E-state index in [1.165, 1.54) is 6.07 Å². The molecule has 2 aromatic rings. The van der Waals surface area contributed by atoms with Crippen molar-refractivity contribution in [3.05, 3.63) is 69.8 Å². The number of aliphatic hydroxyl groups is 1. The number of ether oxygens (including phenoxy) is 1. The van der Waals surface area contributed by atoms with Gasteiger partial charge in [-0.15, -0.1) is 0 Å². The van der Waals surface area contributed by atoms with Gasteiger partial charge >= 0.3 is 5.69 Å². The molecule has 0 radical (unpaired) electrons. The van der Waals surface area contributed by atoms with Crippen LogP contribution in [0.5, 0.6) is 5.75 Å². The Morgan fingerprint density at radius 2 is 1.86 bits per heavy atom. The van der Waals surface area contributed by atoms with Crippen LogP contribution in [0.1, 0.15) is 17.5 Å².